The van der Waals surface area contributed by atoms with Crippen molar-refractivity contribution in [1.82, 2.24) is 14.5 Å². The quantitative estimate of drug-likeness (QED) is 0.754. The van der Waals surface area contributed by atoms with E-state index in [4.69, 9.17) is 0 Å². The summed E-state index contributed by atoms with van der Waals surface area (Å²) in [7, 11) is 0. The number of pyridine rings is 1. The molecule has 116 valence electrons. The third-order valence-electron chi connectivity index (χ3n) is 3.38. The smallest absolute Gasteiger partial charge is 0.324 e. The number of aryl methyl sites for hydroxylation is 1. The summed E-state index contributed by atoms with van der Waals surface area (Å²) < 4.78 is 1.28. The number of fused-ring (bicyclic) bond motifs is 1. The number of hydrogen-bond acceptors (Lipinski definition) is 4. The van der Waals surface area contributed by atoms with Crippen molar-refractivity contribution in [3.63, 3.8) is 0 Å². The molecule has 7 heteroatoms. The summed E-state index contributed by atoms with van der Waals surface area (Å²) in [4.78, 5) is 41.0. The van der Waals surface area contributed by atoms with Gasteiger partial charge in [0.15, 0.2) is 0 Å². The molecule has 23 heavy (non-hydrogen) atoms. The number of hydrogen-bond donors (Lipinski definition) is 2. The highest BCUT2D eigenvalue weighted by Gasteiger charge is 2.07. The van der Waals surface area contributed by atoms with Crippen LogP contribution in [0.5, 0.6) is 0 Å². The third kappa shape index (κ3) is 3.34. The summed E-state index contributed by atoms with van der Waals surface area (Å²) in [5.74, 6) is -0.235. The normalized spacial score (nSPS) is 10.6. The van der Waals surface area contributed by atoms with Gasteiger partial charge in [-0.1, -0.05) is 18.2 Å². The molecule has 0 aliphatic carbocycles. The van der Waals surface area contributed by atoms with Crippen LogP contribution in [0.4, 0.5) is 5.69 Å². The van der Waals surface area contributed by atoms with Gasteiger partial charge in [-0.15, -0.1) is 0 Å². The lowest BCUT2D eigenvalue weighted by molar-refractivity contribution is -0.116. The second-order valence-corrected chi connectivity index (χ2v) is 4.98. The Morgan fingerprint density at radius 3 is 2.83 bits per heavy atom. The Balaban J connectivity index is 1.72. The summed E-state index contributed by atoms with van der Waals surface area (Å²) in [5.41, 5.74) is 0.348. The highest BCUT2D eigenvalue weighted by atomic mass is 16.2. The van der Waals surface area contributed by atoms with Crippen molar-refractivity contribution in [1.29, 1.82) is 0 Å². The maximum absolute atomic E-state index is 12.1. The lowest BCUT2D eigenvalue weighted by atomic mass is 10.2. The van der Waals surface area contributed by atoms with Gasteiger partial charge in [-0.25, -0.2) is 4.79 Å². The first-order valence-corrected chi connectivity index (χ1v) is 7.07. The number of benzene rings is 1. The Kier molecular flexibility index (Phi) is 4.01. The highest BCUT2D eigenvalue weighted by molar-refractivity contribution is 6.00. The van der Waals surface area contributed by atoms with Gasteiger partial charge in [0.2, 0.25) is 5.91 Å². The van der Waals surface area contributed by atoms with E-state index in [-0.39, 0.29) is 18.9 Å². The Labute approximate surface area is 130 Å². The molecule has 3 aromatic rings. The van der Waals surface area contributed by atoms with Crippen LogP contribution in [0.15, 0.2) is 58.4 Å². The van der Waals surface area contributed by atoms with Crippen LogP contribution in [0.1, 0.15) is 6.42 Å². The highest BCUT2D eigenvalue weighted by Crippen LogP contribution is 2.20. The van der Waals surface area contributed by atoms with Gasteiger partial charge in [-0.3, -0.25) is 19.6 Å². The van der Waals surface area contributed by atoms with Crippen LogP contribution in [0, 0.1) is 0 Å². The van der Waals surface area contributed by atoms with E-state index in [1.165, 1.54) is 16.8 Å². The van der Waals surface area contributed by atoms with Crippen molar-refractivity contribution in [3.05, 3.63) is 69.6 Å². The lowest BCUT2D eigenvalue weighted by Crippen LogP contribution is -2.29. The first kappa shape index (κ1) is 14.7. The molecular weight excluding hydrogens is 296 g/mol. The molecule has 3 rings (SSSR count). The van der Waals surface area contributed by atoms with Crippen molar-refractivity contribution < 1.29 is 4.79 Å². The zero-order valence-corrected chi connectivity index (χ0v) is 12.2. The van der Waals surface area contributed by atoms with E-state index in [1.807, 2.05) is 24.3 Å². The average Bonchev–Trinajstić information content (AvgIpc) is 2.54. The first-order valence-electron chi connectivity index (χ1n) is 7.07. The Morgan fingerprint density at radius 1 is 1.17 bits per heavy atom. The molecule has 0 bridgehead atoms. The minimum atomic E-state index is -0.530. The molecule has 0 radical (unpaired) electrons. The molecule has 7 nitrogen and oxygen atoms in total. The minimum absolute atomic E-state index is 0.106. The number of nitrogens with one attached hydrogen (secondary N) is 2. The number of amides is 1. The topological polar surface area (TPSA) is 96.9 Å². The Bertz CT molecular complexity index is 969. The number of para-hydroxylation sites is 1. The number of aromatic amines is 1. The van der Waals surface area contributed by atoms with Crippen LogP contribution >= 0.6 is 0 Å². The van der Waals surface area contributed by atoms with Gasteiger partial charge >= 0.3 is 5.69 Å². The summed E-state index contributed by atoms with van der Waals surface area (Å²) in [5, 5.41) is 3.73. The zero-order chi connectivity index (χ0) is 16.2. The van der Waals surface area contributed by atoms with Gasteiger partial charge in [-0.05, 0) is 12.1 Å². The monoisotopic (exact) mass is 310 g/mol. The van der Waals surface area contributed by atoms with Gasteiger partial charge in [-0.2, -0.15) is 0 Å². The SMILES string of the molecule is O=C(CCn1ccc(=O)[nH]c1=O)Nc1cccc2cccnc12. The summed E-state index contributed by atoms with van der Waals surface area (Å²) in [6.45, 7) is 0.180. The predicted octanol–water partition coefficient (Wildman–Crippen LogP) is 1.11. The van der Waals surface area contributed by atoms with E-state index in [0.29, 0.717) is 11.2 Å². The molecular formula is C16H14N4O3. The zero-order valence-electron chi connectivity index (χ0n) is 12.2. The van der Waals surface area contributed by atoms with Gasteiger partial charge in [0.1, 0.15) is 0 Å². The van der Waals surface area contributed by atoms with Crippen LogP contribution < -0.4 is 16.6 Å². The number of nitrogens with zero attached hydrogens (tertiary/aromatic N) is 2. The number of carbonyl (C=O) groups is 1. The summed E-state index contributed by atoms with van der Waals surface area (Å²) >= 11 is 0. The van der Waals surface area contributed by atoms with Crippen molar-refractivity contribution in [2.24, 2.45) is 0 Å². The van der Waals surface area contributed by atoms with Crippen molar-refractivity contribution in [3.8, 4) is 0 Å². The lowest BCUT2D eigenvalue weighted by Gasteiger charge is -2.08. The molecule has 2 N–H and O–H groups in total. The fourth-order valence-electron chi connectivity index (χ4n) is 2.26. The minimum Gasteiger partial charge on any atom is -0.324 e. The molecule has 0 aliphatic rings. The van der Waals surface area contributed by atoms with Crippen molar-refractivity contribution in [2.75, 3.05) is 5.32 Å². The molecule has 1 amide bonds. The van der Waals surface area contributed by atoms with Gasteiger partial charge in [0.05, 0.1) is 11.2 Å². The summed E-state index contributed by atoms with van der Waals surface area (Å²) in [6, 6.07) is 10.5. The molecule has 0 unspecified atom stereocenters. The van der Waals surface area contributed by atoms with Gasteiger partial charge in [0, 0.05) is 36.8 Å². The molecule has 0 saturated carbocycles. The van der Waals surface area contributed by atoms with Crippen LogP contribution in [0.2, 0.25) is 0 Å². The van der Waals surface area contributed by atoms with Gasteiger partial charge < -0.3 is 9.88 Å². The fourth-order valence-corrected chi connectivity index (χ4v) is 2.26. The number of aromatic nitrogens is 3. The average molecular weight is 310 g/mol. The molecule has 0 spiro atoms. The molecule has 0 atom stereocenters. The third-order valence-corrected chi connectivity index (χ3v) is 3.38. The maximum atomic E-state index is 12.1. The van der Waals surface area contributed by atoms with Crippen LogP contribution in [-0.2, 0) is 11.3 Å². The molecule has 2 heterocycles. The largest absolute Gasteiger partial charge is 0.328 e. The van der Waals surface area contributed by atoms with E-state index in [1.54, 1.807) is 12.3 Å². The van der Waals surface area contributed by atoms with Crippen LogP contribution in [0.3, 0.4) is 0 Å². The second-order valence-electron chi connectivity index (χ2n) is 4.98. The predicted molar refractivity (Wildman–Crippen MR) is 86.3 cm³/mol. The number of carbonyl (C=O) groups excluding carboxylic acids is 1. The Morgan fingerprint density at radius 2 is 2.00 bits per heavy atom. The number of H-pyrrole nitrogens is 1. The number of rotatable bonds is 4. The molecule has 0 fully saturated rings. The van der Waals surface area contributed by atoms with E-state index >= 15 is 0 Å². The van der Waals surface area contributed by atoms with E-state index in [2.05, 4.69) is 15.3 Å². The molecule has 2 aromatic heterocycles. The van der Waals surface area contributed by atoms with E-state index in [0.717, 1.165) is 5.39 Å². The Hall–Kier alpha value is -3.22. The molecule has 0 saturated heterocycles. The van der Waals surface area contributed by atoms with Crippen LogP contribution in [0.25, 0.3) is 10.9 Å². The fraction of sp³-hybridized carbons (Fsp3) is 0.125. The number of anilines is 1. The summed E-state index contributed by atoms with van der Waals surface area (Å²) in [6.07, 6.45) is 3.14. The van der Waals surface area contributed by atoms with Crippen LogP contribution in [-0.4, -0.2) is 20.4 Å². The molecule has 0 aliphatic heterocycles. The molecule has 1 aromatic carbocycles. The van der Waals surface area contributed by atoms with Gasteiger partial charge in [0.25, 0.3) is 5.56 Å². The standard InChI is InChI=1S/C16H14N4O3/c21-13(6-9-20-10-7-14(22)19-16(20)23)18-12-5-1-3-11-4-2-8-17-15(11)12/h1-5,7-8,10H,6,9H2,(H,18,21)(H,19,22,23). The first-order chi connectivity index (χ1) is 11.1. The van der Waals surface area contributed by atoms with E-state index < -0.39 is 11.2 Å². The van der Waals surface area contributed by atoms with E-state index in [9.17, 15) is 14.4 Å². The van der Waals surface area contributed by atoms with Crippen molar-refractivity contribution >= 4 is 22.5 Å². The maximum Gasteiger partial charge on any atom is 0.328 e. The van der Waals surface area contributed by atoms with Crippen molar-refractivity contribution in [2.45, 2.75) is 13.0 Å². The second kappa shape index (κ2) is 6.27.